The Hall–Kier alpha value is -3.42. The predicted molar refractivity (Wildman–Crippen MR) is 135 cm³/mol. The number of rotatable bonds is 7. The van der Waals surface area contributed by atoms with Crippen molar-refractivity contribution in [2.45, 2.75) is 39.3 Å². The number of thiophene rings is 1. The lowest BCUT2D eigenvalue weighted by Gasteiger charge is -2.32. The summed E-state index contributed by atoms with van der Waals surface area (Å²) in [7, 11) is 3.47. The van der Waals surface area contributed by atoms with E-state index in [-0.39, 0.29) is 24.6 Å². The molecule has 34 heavy (non-hydrogen) atoms. The number of nitrogens with zero attached hydrogens (tertiary/aromatic N) is 5. The molecule has 9 heteroatoms. The molecule has 0 bridgehead atoms. The molecule has 3 heterocycles. The van der Waals surface area contributed by atoms with Gasteiger partial charge in [0.05, 0.1) is 26.0 Å². The van der Waals surface area contributed by atoms with Crippen LogP contribution in [0.4, 0.5) is 0 Å². The number of aromatic nitrogens is 1. The number of aryl methyl sites for hydroxylation is 1. The summed E-state index contributed by atoms with van der Waals surface area (Å²) < 4.78 is 13.6. The number of azide groups is 1. The molecule has 8 nitrogen and oxygen atoms in total. The molecule has 0 unspecified atom stereocenters. The second-order valence-electron chi connectivity index (χ2n) is 9.17. The minimum atomic E-state index is -0.294. The first-order valence-electron chi connectivity index (χ1n) is 11.2. The van der Waals surface area contributed by atoms with E-state index in [1.807, 2.05) is 57.5 Å². The highest BCUT2D eigenvalue weighted by Gasteiger charge is 2.32. The summed E-state index contributed by atoms with van der Waals surface area (Å²) in [5.41, 5.74) is 13.1. The summed E-state index contributed by atoms with van der Waals surface area (Å²) in [5, 5.41) is 5.59. The van der Waals surface area contributed by atoms with Gasteiger partial charge in [-0.1, -0.05) is 11.2 Å². The molecule has 0 saturated heterocycles. The smallest absolute Gasteiger partial charge is 0.270 e. The summed E-state index contributed by atoms with van der Waals surface area (Å²) in [4.78, 5) is 19.2. The molecule has 4 rings (SSSR count). The van der Waals surface area contributed by atoms with Gasteiger partial charge < -0.3 is 18.9 Å². The Morgan fingerprint density at radius 2 is 2.06 bits per heavy atom. The minimum Gasteiger partial charge on any atom is -0.493 e. The molecule has 178 valence electrons. The SMILES string of the molecule is COc1cc2c(cc1OCCN=[N+]=[N-])-c1c(-c3cccs3)cc(C(=O)N(C)C(C)(C)C)n1CC2. The van der Waals surface area contributed by atoms with Crippen molar-refractivity contribution in [3.05, 3.63) is 57.4 Å². The topological polar surface area (TPSA) is 92.5 Å². The molecule has 1 amide bonds. The van der Waals surface area contributed by atoms with Gasteiger partial charge in [0, 0.05) is 40.0 Å². The van der Waals surface area contributed by atoms with Crippen LogP contribution in [0.15, 0.2) is 40.8 Å². The van der Waals surface area contributed by atoms with Gasteiger partial charge in [0.2, 0.25) is 0 Å². The molecule has 0 radical (unpaired) electrons. The van der Waals surface area contributed by atoms with Crippen molar-refractivity contribution in [3.63, 3.8) is 0 Å². The van der Waals surface area contributed by atoms with Crippen molar-refractivity contribution in [3.8, 4) is 33.2 Å². The van der Waals surface area contributed by atoms with Crippen LogP contribution in [-0.4, -0.2) is 48.2 Å². The van der Waals surface area contributed by atoms with Crippen molar-refractivity contribution < 1.29 is 14.3 Å². The molecule has 2 aromatic heterocycles. The van der Waals surface area contributed by atoms with Gasteiger partial charge in [-0.05, 0) is 67.9 Å². The van der Waals surface area contributed by atoms with E-state index in [2.05, 4.69) is 20.7 Å². The number of hydrogen-bond donors (Lipinski definition) is 0. The number of carbonyl (C=O) groups is 1. The van der Waals surface area contributed by atoms with E-state index in [4.69, 9.17) is 15.0 Å². The summed E-state index contributed by atoms with van der Waals surface area (Å²) >= 11 is 1.65. The van der Waals surface area contributed by atoms with Crippen LogP contribution in [0.25, 0.3) is 32.1 Å². The quantitative estimate of drug-likeness (QED) is 0.180. The van der Waals surface area contributed by atoms with E-state index >= 15 is 0 Å². The normalized spacial score (nSPS) is 12.4. The molecule has 1 aromatic carbocycles. The zero-order valence-corrected chi connectivity index (χ0v) is 21.0. The van der Waals surface area contributed by atoms with Crippen LogP contribution >= 0.6 is 11.3 Å². The third-order valence-corrected chi connectivity index (χ3v) is 7.08. The Kier molecular flexibility index (Phi) is 6.59. The lowest BCUT2D eigenvalue weighted by molar-refractivity contribution is 0.0644. The van der Waals surface area contributed by atoms with Crippen molar-refractivity contribution in [2.75, 3.05) is 27.3 Å². The van der Waals surface area contributed by atoms with E-state index in [0.717, 1.165) is 33.7 Å². The fourth-order valence-corrected chi connectivity index (χ4v) is 4.86. The maximum Gasteiger partial charge on any atom is 0.270 e. The fraction of sp³-hybridized carbons (Fsp3) is 0.400. The van der Waals surface area contributed by atoms with E-state index in [0.29, 0.717) is 23.7 Å². The Balaban J connectivity index is 1.87. The van der Waals surface area contributed by atoms with Crippen LogP contribution in [0.5, 0.6) is 11.5 Å². The average molecular weight is 480 g/mol. The number of fused-ring (bicyclic) bond motifs is 3. The second kappa shape index (κ2) is 9.44. The van der Waals surface area contributed by atoms with Gasteiger partial charge in [0.15, 0.2) is 11.5 Å². The molecule has 0 spiro atoms. The van der Waals surface area contributed by atoms with Crippen molar-refractivity contribution >= 4 is 17.2 Å². The summed E-state index contributed by atoms with van der Waals surface area (Å²) in [6.45, 7) is 7.28. The summed E-state index contributed by atoms with van der Waals surface area (Å²) in [6, 6.07) is 10.1. The van der Waals surface area contributed by atoms with Gasteiger partial charge in [-0.2, -0.15) is 0 Å². The van der Waals surface area contributed by atoms with Gasteiger partial charge in [0.25, 0.3) is 5.91 Å². The molecule has 3 aromatic rings. The molecule has 0 N–H and O–H groups in total. The zero-order valence-electron chi connectivity index (χ0n) is 20.2. The summed E-state index contributed by atoms with van der Waals surface area (Å²) in [6.07, 6.45) is 0.774. The number of methoxy groups -OCH3 is 1. The van der Waals surface area contributed by atoms with E-state index in [1.165, 1.54) is 0 Å². The monoisotopic (exact) mass is 479 g/mol. The fourth-order valence-electron chi connectivity index (χ4n) is 4.12. The Labute approximate surface area is 203 Å². The van der Waals surface area contributed by atoms with Gasteiger partial charge >= 0.3 is 0 Å². The first-order valence-corrected chi connectivity index (χ1v) is 12.0. The van der Waals surface area contributed by atoms with Gasteiger partial charge in [0.1, 0.15) is 5.69 Å². The first-order chi connectivity index (χ1) is 16.3. The molecule has 0 aliphatic carbocycles. The van der Waals surface area contributed by atoms with E-state index < -0.39 is 0 Å². The second-order valence-corrected chi connectivity index (χ2v) is 10.1. The first kappa shape index (κ1) is 23.7. The third kappa shape index (κ3) is 4.36. The molecule has 0 atom stereocenters. The molecule has 0 fully saturated rings. The van der Waals surface area contributed by atoms with Crippen molar-refractivity contribution in [1.82, 2.24) is 9.47 Å². The molecular weight excluding hydrogens is 450 g/mol. The van der Waals surface area contributed by atoms with Crippen LogP contribution < -0.4 is 9.47 Å². The number of benzene rings is 1. The molecular formula is C25H29N5O3S. The highest BCUT2D eigenvalue weighted by molar-refractivity contribution is 7.13. The van der Waals surface area contributed by atoms with Crippen molar-refractivity contribution in [1.29, 1.82) is 0 Å². The standard InChI is InChI=1S/C25H29N5O3S/c1-25(2,3)29(4)24(31)19-14-18(22-7-6-12-34-22)23-17-15-21(33-11-9-27-28-26)20(32-5)13-16(17)8-10-30(19)23/h6-7,12-15H,8-11H2,1-5H3. The number of ether oxygens (including phenoxy) is 2. The predicted octanol–water partition coefficient (Wildman–Crippen LogP) is 6.01. The van der Waals surface area contributed by atoms with E-state index in [9.17, 15) is 4.79 Å². The van der Waals surface area contributed by atoms with Gasteiger partial charge in [-0.3, -0.25) is 4.79 Å². The minimum absolute atomic E-state index is 0.000596. The lowest BCUT2D eigenvalue weighted by Crippen LogP contribution is -2.43. The maximum atomic E-state index is 13.6. The Morgan fingerprint density at radius 1 is 1.26 bits per heavy atom. The highest BCUT2D eigenvalue weighted by atomic mass is 32.1. The third-order valence-electron chi connectivity index (χ3n) is 6.17. The largest absolute Gasteiger partial charge is 0.493 e. The highest BCUT2D eigenvalue weighted by Crippen LogP contribution is 2.45. The lowest BCUT2D eigenvalue weighted by atomic mass is 9.95. The molecule has 1 aliphatic rings. The molecule has 1 aliphatic heterocycles. The zero-order chi connectivity index (χ0) is 24.5. The van der Waals surface area contributed by atoms with E-state index in [1.54, 1.807) is 23.3 Å². The van der Waals surface area contributed by atoms with Crippen LogP contribution in [0.2, 0.25) is 0 Å². The van der Waals surface area contributed by atoms with Crippen LogP contribution in [0.3, 0.4) is 0 Å². The van der Waals surface area contributed by atoms with Crippen LogP contribution in [-0.2, 0) is 13.0 Å². The van der Waals surface area contributed by atoms with Crippen molar-refractivity contribution in [2.24, 2.45) is 5.11 Å². The molecule has 0 saturated carbocycles. The Bertz CT molecular complexity index is 1250. The number of amides is 1. The number of carbonyl (C=O) groups excluding carboxylic acids is 1. The Morgan fingerprint density at radius 3 is 2.71 bits per heavy atom. The maximum absolute atomic E-state index is 13.6. The van der Waals surface area contributed by atoms with Crippen LogP contribution in [0.1, 0.15) is 36.8 Å². The summed E-state index contributed by atoms with van der Waals surface area (Å²) in [5.74, 6) is 1.22. The number of hydrogen-bond acceptors (Lipinski definition) is 5. The average Bonchev–Trinajstić information content (AvgIpc) is 3.47. The van der Waals surface area contributed by atoms with Gasteiger partial charge in [-0.15, -0.1) is 11.3 Å². The van der Waals surface area contributed by atoms with Gasteiger partial charge in [-0.25, -0.2) is 0 Å². The van der Waals surface area contributed by atoms with Crippen LogP contribution in [0, 0.1) is 0 Å².